The molecule has 0 aliphatic heterocycles. The molecule has 9 nitrogen and oxygen atoms in total. The molecule has 0 fully saturated rings. The van der Waals surface area contributed by atoms with Crippen molar-refractivity contribution in [3.63, 3.8) is 0 Å². The van der Waals surface area contributed by atoms with Gasteiger partial charge in [-0.05, 0) is 50.6 Å². The Morgan fingerprint density at radius 1 is 1.22 bits per heavy atom. The number of rotatable bonds is 8. The average molecular weight is 455 g/mol. The molecule has 32 heavy (non-hydrogen) atoms. The lowest BCUT2D eigenvalue weighted by Gasteiger charge is -2.15. The van der Waals surface area contributed by atoms with Crippen molar-refractivity contribution in [1.82, 2.24) is 9.88 Å². The highest BCUT2D eigenvalue weighted by atomic mass is 32.2. The van der Waals surface area contributed by atoms with Crippen LogP contribution >= 0.6 is 0 Å². The molecule has 1 aromatic heterocycles. The summed E-state index contributed by atoms with van der Waals surface area (Å²) in [7, 11) is -3.98. The molecule has 2 N–H and O–H groups in total. The van der Waals surface area contributed by atoms with Gasteiger partial charge in [0, 0.05) is 11.8 Å². The maximum atomic E-state index is 12.6. The fourth-order valence-electron chi connectivity index (χ4n) is 3.01. The molecule has 0 radical (unpaired) electrons. The minimum Gasteiger partial charge on any atom is -0.489 e. The van der Waals surface area contributed by atoms with E-state index in [-0.39, 0.29) is 23.0 Å². The third-order valence-corrected chi connectivity index (χ3v) is 6.31. The van der Waals surface area contributed by atoms with E-state index in [0.717, 1.165) is 5.56 Å². The third kappa shape index (κ3) is 5.51. The molecule has 3 aromatic rings. The number of sulfonamides is 1. The largest absolute Gasteiger partial charge is 0.489 e. The summed E-state index contributed by atoms with van der Waals surface area (Å²) in [6, 6.07) is 14.8. The van der Waals surface area contributed by atoms with E-state index in [1.54, 1.807) is 42.5 Å². The molecule has 1 heterocycles. The van der Waals surface area contributed by atoms with E-state index >= 15 is 0 Å². The summed E-state index contributed by atoms with van der Waals surface area (Å²) in [4.78, 5) is 12.5. The number of nitrogens with one attached hydrogen (secondary N) is 2. The highest BCUT2D eigenvalue weighted by molar-refractivity contribution is 7.89. The Bertz CT molecular complexity index is 1260. The first-order valence-electron chi connectivity index (χ1n) is 9.67. The van der Waals surface area contributed by atoms with Crippen molar-refractivity contribution in [3.05, 3.63) is 71.1 Å². The second-order valence-electron chi connectivity index (χ2n) is 7.11. The number of carbonyl (C=O) groups is 1. The van der Waals surface area contributed by atoms with Crippen molar-refractivity contribution in [3.8, 4) is 11.8 Å². The number of amides is 1. The normalized spacial score (nSPS) is 12.1. The summed E-state index contributed by atoms with van der Waals surface area (Å²) in [6.45, 7) is 4.69. The fraction of sp³-hybridized carbons (Fsp3) is 0.227. The standard InChI is InChI=1S/C22H22N4O5S/c1-14-21(16(3)31-25-14)32(28,29)26-15(2)22(27)24-19-8-5-9-20(11-19)30-13-18-7-4-6-17(10-18)12-23/h4-11,15,26H,13H2,1-3H3,(H,24,27)/t15-/m0/s1. The summed E-state index contributed by atoms with van der Waals surface area (Å²) in [5.41, 5.74) is 2.04. The second kappa shape index (κ2) is 9.64. The number of aromatic nitrogens is 1. The summed E-state index contributed by atoms with van der Waals surface area (Å²) >= 11 is 0. The molecule has 0 saturated carbocycles. The monoisotopic (exact) mass is 454 g/mol. The summed E-state index contributed by atoms with van der Waals surface area (Å²) in [5, 5.41) is 15.3. The fourth-order valence-corrected chi connectivity index (χ4v) is 4.55. The molecule has 0 aliphatic rings. The average Bonchev–Trinajstić information content (AvgIpc) is 3.11. The molecular formula is C22H22N4O5S. The zero-order chi connectivity index (χ0) is 23.3. The van der Waals surface area contributed by atoms with Gasteiger partial charge in [-0.25, -0.2) is 8.42 Å². The van der Waals surface area contributed by atoms with Gasteiger partial charge in [0.05, 0.1) is 17.7 Å². The van der Waals surface area contributed by atoms with Crippen LogP contribution in [0.25, 0.3) is 0 Å². The molecule has 2 aromatic carbocycles. The highest BCUT2D eigenvalue weighted by Crippen LogP contribution is 2.21. The van der Waals surface area contributed by atoms with Crippen LogP contribution in [0.4, 0.5) is 5.69 Å². The van der Waals surface area contributed by atoms with E-state index in [4.69, 9.17) is 14.5 Å². The van der Waals surface area contributed by atoms with Crippen LogP contribution in [0, 0.1) is 25.2 Å². The molecule has 1 amide bonds. The van der Waals surface area contributed by atoms with E-state index < -0.39 is 22.0 Å². The third-order valence-electron chi connectivity index (χ3n) is 4.52. The maximum Gasteiger partial charge on any atom is 0.246 e. The number of anilines is 1. The van der Waals surface area contributed by atoms with Gasteiger partial charge in [0.1, 0.15) is 22.9 Å². The van der Waals surface area contributed by atoms with Crippen molar-refractivity contribution < 1.29 is 22.5 Å². The lowest BCUT2D eigenvalue weighted by Crippen LogP contribution is -2.41. The number of nitrogens with zero attached hydrogens (tertiary/aromatic N) is 2. The molecule has 0 aliphatic carbocycles. The Morgan fingerprint density at radius 2 is 1.97 bits per heavy atom. The Hall–Kier alpha value is -3.68. The Balaban J connectivity index is 1.63. The minimum atomic E-state index is -3.98. The van der Waals surface area contributed by atoms with E-state index in [1.165, 1.54) is 20.8 Å². The van der Waals surface area contributed by atoms with Gasteiger partial charge < -0.3 is 14.6 Å². The number of ether oxygens (including phenoxy) is 1. The van der Waals surface area contributed by atoms with Crippen LogP contribution < -0.4 is 14.8 Å². The van der Waals surface area contributed by atoms with Crippen molar-refractivity contribution >= 4 is 21.6 Å². The van der Waals surface area contributed by atoms with Crippen LogP contribution in [0.5, 0.6) is 5.75 Å². The Labute approximate surface area is 186 Å². The van der Waals surface area contributed by atoms with Gasteiger partial charge in [0.25, 0.3) is 0 Å². The molecule has 166 valence electrons. The maximum absolute atomic E-state index is 12.6. The molecule has 3 rings (SSSR count). The Kier molecular flexibility index (Phi) is 6.92. The van der Waals surface area contributed by atoms with E-state index in [0.29, 0.717) is 17.0 Å². The van der Waals surface area contributed by atoms with Crippen LogP contribution in [0.3, 0.4) is 0 Å². The molecular weight excluding hydrogens is 432 g/mol. The molecule has 1 atom stereocenters. The lowest BCUT2D eigenvalue weighted by molar-refractivity contribution is -0.117. The number of carbonyl (C=O) groups excluding carboxylic acids is 1. The topological polar surface area (TPSA) is 134 Å². The van der Waals surface area contributed by atoms with Gasteiger partial charge in [0.2, 0.25) is 15.9 Å². The summed E-state index contributed by atoms with van der Waals surface area (Å²) in [5.74, 6) is 0.112. The minimum absolute atomic E-state index is 0.0759. The number of aryl methyl sites for hydroxylation is 2. The summed E-state index contributed by atoms with van der Waals surface area (Å²) in [6.07, 6.45) is 0. The van der Waals surface area contributed by atoms with Gasteiger partial charge in [-0.1, -0.05) is 23.4 Å². The predicted octanol–water partition coefficient (Wildman–Crippen LogP) is 3.05. The second-order valence-corrected chi connectivity index (χ2v) is 8.77. The van der Waals surface area contributed by atoms with Gasteiger partial charge in [-0.2, -0.15) is 9.98 Å². The molecule has 0 saturated heterocycles. The smallest absolute Gasteiger partial charge is 0.246 e. The Morgan fingerprint density at radius 3 is 2.66 bits per heavy atom. The van der Waals surface area contributed by atoms with Crippen LogP contribution in [-0.4, -0.2) is 25.5 Å². The van der Waals surface area contributed by atoms with Crippen molar-refractivity contribution in [1.29, 1.82) is 5.26 Å². The quantitative estimate of drug-likeness (QED) is 0.534. The van der Waals surface area contributed by atoms with E-state index in [9.17, 15) is 13.2 Å². The van der Waals surface area contributed by atoms with Gasteiger partial charge in [-0.3, -0.25) is 4.79 Å². The van der Waals surface area contributed by atoms with Gasteiger partial charge in [-0.15, -0.1) is 0 Å². The molecule has 0 unspecified atom stereocenters. The summed E-state index contributed by atoms with van der Waals surface area (Å²) < 4.78 is 38.2. The number of benzene rings is 2. The predicted molar refractivity (Wildman–Crippen MR) is 116 cm³/mol. The zero-order valence-electron chi connectivity index (χ0n) is 17.7. The van der Waals surface area contributed by atoms with Gasteiger partial charge in [0.15, 0.2) is 5.76 Å². The first kappa shape index (κ1) is 23.0. The van der Waals surface area contributed by atoms with Crippen molar-refractivity contribution in [2.75, 3.05) is 5.32 Å². The first-order valence-corrected chi connectivity index (χ1v) is 11.2. The van der Waals surface area contributed by atoms with E-state index in [1.807, 2.05) is 6.07 Å². The van der Waals surface area contributed by atoms with E-state index in [2.05, 4.69) is 21.3 Å². The number of hydrogen-bond donors (Lipinski definition) is 2. The highest BCUT2D eigenvalue weighted by Gasteiger charge is 2.28. The number of hydrogen-bond acceptors (Lipinski definition) is 7. The van der Waals surface area contributed by atoms with Crippen LogP contribution in [0.2, 0.25) is 0 Å². The molecule has 0 spiro atoms. The van der Waals surface area contributed by atoms with Crippen LogP contribution in [0.15, 0.2) is 57.9 Å². The first-order chi connectivity index (χ1) is 15.2. The SMILES string of the molecule is Cc1noc(C)c1S(=O)(=O)N[C@@H](C)C(=O)Nc1cccc(OCc2cccc(C#N)c2)c1. The molecule has 10 heteroatoms. The lowest BCUT2D eigenvalue weighted by atomic mass is 10.1. The van der Waals surface area contributed by atoms with Crippen molar-refractivity contribution in [2.24, 2.45) is 0 Å². The zero-order valence-corrected chi connectivity index (χ0v) is 18.6. The van der Waals surface area contributed by atoms with Crippen LogP contribution in [-0.2, 0) is 21.4 Å². The van der Waals surface area contributed by atoms with Crippen LogP contribution in [0.1, 0.15) is 29.5 Å². The van der Waals surface area contributed by atoms with Gasteiger partial charge >= 0.3 is 0 Å². The molecule has 0 bridgehead atoms. The number of nitriles is 1. The van der Waals surface area contributed by atoms with Crippen molar-refractivity contribution in [2.45, 2.75) is 38.3 Å².